The summed E-state index contributed by atoms with van der Waals surface area (Å²) in [5.41, 5.74) is 3.11. The third kappa shape index (κ3) is 4.05. The average molecular weight is 364 g/mol. The summed E-state index contributed by atoms with van der Waals surface area (Å²) in [4.78, 5) is 25.8. The molecule has 27 heavy (non-hydrogen) atoms. The molecule has 1 aliphatic heterocycles. The summed E-state index contributed by atoms with van der Waals surface area (Å²) < 4.78 is 0. The van der Waals surface area contributed by atoms with Crippen molar-refractivity contribution >= 4 is 23.3 Å². The maximum atomic E-state index is 12.3. The van der Waals surface area contributed by atoms with Gasteiger partial charge in [-0.3, -0.25) is 4.79 Å². The van der Waals surface area contributed by atoms with Crippen molar-refractivity contribution in [3.63, 3.8) is 0 Å². The molecule has 1 saturated heterocycles. The summed E-state index contributed by atoms with van der Waals surface area (Å²) >= 11 is 0. The van der Waals surface area contributed by atoms with Gasteiger partial charge in [0.1, 0.15) is 0 Å². The van der Waals surface area contributed by atoms with Gasteiger partial charge in [0.15, 0.2) is 0 Å². The molecule has 0 radical (unpaired) electrons. The Kier molecular flexibility index (Phi) is 4.71. The molecule has 0 atom stereocenters. The lowest BCUT2D eigenvalue weighted by atomic mass is 9.96. The molecule has 4 rings (SSSR count). The van der Waals surface area contributed by atoms with Crippen molar-refractivity contribution < 1.29 is 9.59 Å². The van der Waals surface area contributed by atoms with Crippen LogP contribution in [0.25, 0.3) is 0 Å². The smallest absolute Gasteiger partial charge is 0.319 e. The first kappa shape index (κ1) is 17.4. The number of nitrogens with one attached hydrogen (secondary N) is 3. The zero-order chi connectivity index (χ0) is 18.7. The first-order chi connectivity index (χ1) is 13.1. The second kappa shape index (κ2) is 7.31. The van der Waals surface area contributed by atoms with E-state index in [1.807, 2.05) is 47.4 Å². The number of anilines is 2. The monoisotopic (exact) mass is 364 g/mol. The first-order valence-electron chi connectivity index (χ1n) is 9.37. The summed E-state index contributed by atoms with van der Waals surface area (Å²) in [6.45, 7) is 2.46. The van der Waals surface area contributed by atoms with Crippen LogP contribution in [0.5, 0.6) is 0 Å². The Morgan fingerprint density at radius 1 is 1.07 bits per heavy atom. The van der Waals surface area contributed by atoms with Crippen LogP contribution in [-0.2, 0) is 10.2 Å². The summed E-state index contributed by atoms with van der Waals surface area (Å²) in [7, 11) is 0. The van der Waals surface area contributed by atoms with Gasteiger partial charge in [-0.2, -0.15) is 0 Å². The largest absolute Gasteiger partial charge is 0.360 e. The van der Waals surface area contributed by atoms with Gasteiger partial charge < -0.3 is 20.9 Å². The zero-order valence-electron chi connectivity index (χ0n) is 15.2. The van der Waals surface area contributed by atoms with Gasteiger partial charge in [0.25, 0.3) is 0 Å². The fourth-order valence-corrected chi connectivity index (χ4v) is 3.55. The molecule has 6 heteroatoms. The summed E-state index contributed by atoms with van der Waals surface area (Å²) in [6, 6.07) is 17.8. The number of urea groups is 1. The molecule has 1 saturated carbocycles. The van der Waals surface area contributed by atoms with E-state index >= 15 is 0 Å². The van der Waals surface area contributed by atoms with Crippen LogP contribution in [0.1, 0.15) is 18.4 Å². The van der Waals surface area contributed by atoms with E-state index in [4.69, 9.17) is 0 Å². The predicted molar refractivity (Wildman–Crippen MR) is 106 cm³/mol. The highest BCUT2D eigenvalue weighted by Crippen LogP contribution is 2.47. The molecule has 2 aromatic carbocycles. The minimum atomic E-state index is -0.192. The van der Waals surface area contributed by atoms with Gasteiger partial charge in [0, 0.05) is 36.4 Å². The van der Waals surface area contributed by atoms with Crippen molar-refractivity contribution in [1.29, 1.82) is 0 Å². The van der Waals surface area contributed by atoms with E-state index in [1.165, 1.54) is 5.56 Å². The number of hydrogen-bond donors (Lipinski definition) is 3. The minimum Gasteiger partial charge on any atom is -0.360 e. The molecule has 2 aliphatic rings. The van der Waals surface area contributed by atoms with Gasteiger partial charge in [0.05, 0.1) is 6.54 Å². The van der Waals surface area contributed by atoms with Crippen molar-refractivity contribution in [3.8, 4) is 0 Å². The second-order valence-corrected chi connectivity index (χ2v) is 7.27. The Labute approximate surface area is 158 Å². The van der Waals surface area contributed by atoms with Gasteiger partial charge >= 0.3 is 6.03 Å². The molecule has 0 unspecified atom stereocenters. The molecule has 0 bridgehead atoms. The van der Waals surface area contributed by atoms with E-state index in [0.29, 0.717) is 19.6 Å². The van der Waals surface area contributed by atoms with E-state index in [9.17, 15) is 9.59 Å². The number of carbonyl (C=O) groups excluding carboxylic acids is 2. The lowest BCUT2D eigenvalue weighted by Gasteiger charge is -2.28. The van der Waals surface area contributed by atoms with Crippen molar-refractivity contribution in [2.75, 3.05) is 36.4 Å². The van der Waals surface area contributed by atoms with Gasteiger partial charge in [-0.05, 0) is 42.7 Å². The van der Waals surface area contributed by atoms with Gasteiger partial charge in [0.2, 0.25) is 5.91 Å². The van der Waals surface area contributed by atoms with E-state index < -0.39 is 0 Å². The number of hydrogen-bond acceptors (Lipinski definition) is 3. The molecule has 2 fully saturated rings. The summed E-state index contributed by atoms with van der Waals surface area (Å²) in [5.74, 6) is 0.0373. The third-order valence-corrected chi connectivity index (χ3v) is 5.36. The maximum absolute atomic E-state index is 12.3. The van der Waals surface area contributed by atoms with Gasteiger partial charge in [-0.15, -0.1) is 0 Å². The minimum absolute atomic E-state index is 0.0373. The van der Waals surface area contributed by atoms with Gasteiger partial charge in [-0.1, -0.05) is 30.3 Å². The molecule has 2 aromatic rings. The molecule has 3 N–H and O–H groups in total. The number of nitrogens with zero attached hydrogens (tertiary/aromatic N) is 1. The molecule has 6 nitrogen and oxygen atoms in total. The molecule has 0 spiro atoms. The van der Waals surface area contributed by atoms with Crippen LogP contribution in [0.3, 0.4) is 0 Å². The van der Waals surface area contributed by atoms with Crippen LogP contribution < -0.4 is 20.9 Å². The van der Waals surface area contributed by atoms with Crippen molar-refractivity contribution in [2.24, 2.45) is 0 Å². The Bertz CT molecular complexity index is 816. The number of amides is 3. The van der Waals surface area contributed by atoms with Crippen LogP contribution in [0, 0.1) is 0 Å². The Hall–Kier alpha value is -3.02. The van der Waals surface area contributed by atoms with Crippen LogP contribution in [-0.4, -0.2) is 38.1 Å². The van der Waals surface area contributed by atoms with Crippen molar-refractivity contribution in [1.82, 2.24) is 10.6 Å². The van der Waals surface area contributed by atoms with Crippen LogP contribution in [0.2, 0.25) is 0 Å². The van der Waals surface area contributed by atoms with Crippen LogP contribution in [0.4, 0.5) is 16.2 Å². The third-order valence-electron chi connectivity index (χ3n) is 5.36. The molecule has 1 aliphatic carbocycles. The van der Waals surface area contributed by atoms with E-state index in [2.05, 4.69) is 28.1 Å². The fourth-order valence-electron chi connectivity index (χ4n) is 3.55. The fraction of sp³-hybridized carbons (Fsp3) is 0.333. The van der Waals surface area contributed by atoms with Gasteiger partial charge in [-0.25, -0.2) is 4.79 Å². The quantitative estimate of drug-likeness (QED) is 0.763. The van der Waals surface area contributed by atoms with Crippen LogP contribution >= 0.6 is 0 Å². The topological polar surface area (TPSA) is 73.5 Å². The summed E-state index contributed by atoms with van der Waals surface area (Å²) in [6.07, 6.45) is 2.21. The standard InChI is InChI=1S/C21H24N4O2/c26-19-14-25(13-12-22-19)18-8-6-17(7-9-18)24-20(27)23-15-21(10-11-21)16-4-2-1-3-5-16/h1-9H,10-15H2,(H,22,26)(H2,23,24,27). The number of carbonyl (C=O) groups is 2. The maximum Gasteiger partial charge on any atom is 0.319 e. The lowest BCUT2D eigenvalue weighted by Crippen LogP contribution is -2.47. The SMILES string of the molecule is O=C1CN(c2ccc(NC(=O)NCC3(c4ccccc4)CC3)cc2)CCN1. The highest BCUT2D eigenvalue weighted by Gasteiger charge is 2.44. The molecule has 0 aromatic heterocycles. The molecule has 3 amide bonds. The number of rotatable bonds is 5. The Morgan fingerprint density at radius 2 is 1.81 bits per heavy atom. The highest BCUT2D eigenvalue weighted by atomic mass is 16.2. The second-order valence-electron chi connectivity index (χ2n) is 7.27. The van der Waals surface area contributed by atoms with Crippen molar-refractivity contribution in [3.05, 3.63) is 60.2 Å². The molecule has 1 heterocycles. The zero-order valence-corrected chi connectivity index (χ0v) is 15.2. The molecule has 140 valence electrons. The first-order valence-corrected chi connectivity index (χ1v) is 9.37. The van der Waals surface area contributed by atoms with Crippen molar-refractivity contribution in [2.45, 2.75) is 18.3 Å². The number of piperazine rings is 1. The molecular weight excluding hydrogens is 340 g/mol. The lowest BCUT2D eigenvalue weighted by molar-refractivity contribution is -0.120. The average Bonchev–Trinajstić information content (AvgIpc) is 3.49. The Morgan fingerprint density at radius 3 is 2.48 bits per heavy atom. The molecular formula is C21H24N4O2. The Balaban J connectivity index is 1.30. The van der Waals surface area contributed by atoms with E-state index in [-0.39, 0.29) is 17.4 Å². The van der Waals surface area contributed by atoms with Crippen LogP contribution in [0.15, 0.2) is 54.6 Å². The normalized spacial score (nSPS) is 17.8. The van der Waals surface area contributed by atoms with E-state index in [0.717, 1.165) is 30.8 Å². The van der Waals surface area contributed by atoms with E-state index in [1.54, 1.807) is 0 Å². The predicted octanol–water partition coefficient (Wildman–Crippen LogP) is 2.48. The summed E-state index contributed by atoms with van der Waals surface area (Å²) in [5, 5.41) is 8.70. The number of benzene rings is 2. The highest BCUT2D eigenvalue weighted by molar-refractivity contribution is 5.89.